The highest BCUT2D eigenvalue weighted by molar-refractivity contribution is 6.18. The maximum atomic E-state index is 12.4. The molecule has 1 aromatic heterocycles. The highest BCUT2D eigenvalue weighted by atomic mass is 16.6. The van der Waals surface area contributed by atoms with E-state index in [1.807, 2.05) is 46.0 Å². The Bertz CT molecular complexity index is 1180. The number of esters is 1. The monoisotopic (exact) mass is 347 g/mol. The largest absolute Gasteiger partial charge is 0.507 e. The van der Waals surface area contributed by atoms with Gasteiger partial charge < -0.3 is 14.4 Å². The van der Waals surface area contributed by atoms with E-state index in [0.29, 0.717) is 0 Å². The lowest BCUT2D eigenvalue weighted by atomic mass is 10.0. The molecule has 0 fully saturated rings. The molecule has 0 aliphatic carbocycles. The number of aryl methyl sites for hydroxylation is 1. The minimum atomic E-state index is -0.613. The van der Waals surface area contributed by atoms with Crippen LogP contribution in [0.2, 0.25) is 0 Å². The lowest BCUT2D eigenvalue weighted by Crippen LogP contribution is -2.23. The van der Waals surface area contributed by atoms with Gasteiger partial charge in [-0.3, -0.25) is 0 Å². The standard InChI is InChI=1S/C22H21NO3/c1-22(2,3)26-21(25)17-11-13-9-10-15-14-7-5-6-8-18(14)23(4)20(15)16(13)12-19(17)24/h5-12,24H,1-4H3. The summed E-state index contributed by atoms with van der Waals surface area (Å²) in [6.07, 6.45) is 0. The maximum absolute atomic E-state index is 12.4. The number of phenolic OH excluding ortho intramolecular Hbond substituents is 1. The fraction of sp³-hybridized carbons (Fsp3) is 0.227. The van der Waals surface area contributed by atoms with E-state index in [-0.39, 0.29) is 11.3 Å². The number of carbonyl (C=O) groups excluding carboxylic acids is 1. The molecule has 0 bridgehead atoms. The summed E-state index contributed by atoms with van der Waals surface area (Å²) >= 11 is 0. The van der Waals surface area contributed by atoms with Gasteiger partial charge >= 0.3 is 5.97 Å². The third-order valence-corrected chi connectivity index (χ3v) is 4.62. The normalized spacial score (nSPS) is 12.2. The van der Waals surface area contributed by atoms with Crippen LogP contribution in [-0.4, -0.2) is 21.2 Å². The first-order chi connectivity index (χ1) is 12.3. The van der Waals surface area contributed by atoms with Gasteiger partial charge in [0.25, 0.3) is 0 Å². The van der Waals surface area contributed by atoms with Gasteiger partial charge in [-0.15, -0.1) is 0 Å². The third-order valence-electron chi connectivity index (χ3n) is 4.62. The number of benzene rings is 3. The Labute approximate surface area is 151 Å². The number of aromatic nitrogens is 1. The van der Waals surface area contributed by atoms with Crippen molar-refractivity contribution < 1.29 is 14.6 Å². The minimum Gasteiger partial charge on any atom is -0.507 e. The van der Waals surface area contributed by atoms with Gasteiger partial charge in [0.15, 0.2) is 0 Å². The molecule has 3 aromatic carbocycles. The number of rotatable bonds is 1. The summed E-state index contributed by atoms with van der Waals surface area (Å²) in [5.74, 6) is -0.585. The number of aromatic hydroxyl groups is 1. The molecule has 0 saturated heterocycles. The van der Waals surface area contributed by atoms with Gasteiger partial charge in [0.2, 0.25) is 0 Å². The first-order valence-electron chi connectivity index (χ1n) is 8.62. The third kappa shape index (κ3) is 2.49. The fourth-order valence-corrected chi connectivity index (χ4v) is 3.53. The molecule has 0 amide bonds. The number of ether oxygens (including phenoxy) is 1. The van der Waals surface area contributed by atoms with E-state index >= 15 is 0 Å². The summed E-state index contributed by atoms with van der Waals surface area (Å²) in [7, 11) is 2.02. The Morgan fingerprint density at radius 3 is 2.46 bits per heavy atom. The van der Waals surface area contributed by atoms with Crippen molar-refractivity contribution in [1.29, 1.82) is 0 Å². The van der Waals surface area contributed by atoms with Gasteiger partial charge in [-0.05, 0) is 44.4 Å². The van der Waals surface area contributed by atoms with Crippen molar-refractivity contribution in [2.45, 2.75) is 26.4 Å². The average molecular weight is 347 g/mol. The number of hydrogen-bond donors (Lipinski definition) is 1. The van der Waals surface area contributed by atoms with Crippen LogP contribution in [0.15, 0.2) is 48.5 Å². The van der Waals surface area contributed by atoms with Crippen molar-refractivity contribution in [3.63, 3.8) is 0 Å². The maximum Gasteiger partial charge on any atom is 0.342 e. The van der Waals surface area contributed by atoms with E-state index in [2.05, 4.69) is 22.8 Å². The average Bonchev–Trinajstić information content (AvgIpc) is 2.86. The second kappa shape index (κ2) is 5.49. The lowest BCUT2D eigenvalue weighted by molar-refractivity contribution is 0.00670. The first kappa shape index (κ1) is 16.5. The Morgan fingerprint density at radius 1 is 1.00 bits per heavy atom. The summed E-state index contributed by atoms with van der Waals surface area (Å²) in [6.45, 7) is 5.42. The van der Waals surface area contributed by atoms with E-state index in [4.69, 9.17) is 4.74 Å². The lowest BCUT2D eigenvalue weighted by Gasteiger charge is -2.20. The molecule has 4 rings (SSSR count). The van der Waals surface area contributed by atoms with Crippen LogP contribution < -0.4 is 0 Å². The Balaban J connectivity index is 1.99. The molecule has 0 radical (unpaired) electrons. The van der Waals surface area contributed by atoms with Crippen LogP contribution in [-0.2, 0) is 11.8 Å². The van der Waals surface area contributed by atoms with Crippen molar-refractivity contribution in [3.05, 3.63) is 54.1 Å². The fourth-order valence-electron chi connectivity index (χ4n) is 3.53. The summed E-state index contributed by atoms with van der Waals surface area (Å²) in [5.41, 5.74) is 1.74. The molecule has 0 aliphatic rings. The van der Waals surface area contributed by atoms with Gasteiger partial charge in [-0.25, -0.2) is 4.79 Å². The molecule has 0 spiro atoms. The summed E-state index contributed by atoms with van der Waals surface area (Å²) in [5, 5.41) is 14.6. The van der Waals surface area contributed by atoms with E-state index in [1.165, 1.54) is 5.39 Å². The topological polar surface area (TPSA) is 51.5 Å². The first-order valence-corrected chi connectivity index (χ1v) is 8.62. The number of nitrogens with zero attached hydrogens (tertiary/aromatic N) is 1. The molecule has 132 valence electrons. The summed E-state index contributed by atoms with van der Waals surface area (Å²) in [6, 6.07) is 15.6. The van der Waals surface area contributed by atoms with E-state index in [0.717, 1.165) is 27.2 Å². The minimum absolute atomic E-state index is 0.0653. The Morgan fingerprint density at radius 2 is 1.73 bits per heavy atom. The quantitative estimate of drug-likeness (QED) is 0.485. The number of fused-ring (bicyclic) bond motifs is 5. The molecule has 4 aromatic rings. The van der Waals surface area contributed by atoms with Crippen LogP contribution in [0.1, 0.15) is 31.1 Å². The summed E-state index contributed by atoms with van der Waals surface area (Å²) in [4.78, 5) is 12.4. The van der Waals surface area contributed by atoms with Gasteiger partial charge in [-0.1, -0.05) is 30.3 Å². The molecule has 0 atom stereocenters. The van der Waals surface area contributed by atoms with Gasteiger partial charge in [0.05, 0.1) is 5.52 Å². The molecule has 26 heavy (non-hydrogen) atoms. The van der Waals surface area contributed by atoms with Crippen LogP contribution >= 0.6 is 0 Å². The number of carbonyl (C=O) groups is 1. The van der Waals surface area contributed by atoms with Gasteiger partial charge in [0.1, 0.15) is 16.9 Å². The van der Waals surface area contributed by atoms with Crippen LogP contribution in [0.25, 0.3) is 32.6 Å². The number of hydrogen-bond acceptors (Lipinski definition) is 3. The molecule has 1 N–H and O–H groups in total. The second-order valence-electron chi connectivity index (χ2n) is 7.63. The van der Waals surface area contributed by atoms with Gasteiger partial charge in [0, 0.05) is 28.7 Å². The molecule has 1 heterocycles. The van der Waals surface area contributed by atoms with Crippen molar-refractivity contribution in [3.8, 4) is 5.75 Å². The van der Waals surface area contributed by atoms with E-state index in [1.54, 1.807) is 12.1 Å². The van der Waals surface area contributed by atoms with Crippen molar-refractivity contribution >= 4 is 38.5 Å². The van der Waals surface area contributed by atoms with Crippen molar-refractivity contribution in [2.24, 2.45) is 7.05 Å². The zero-order valence-electron chi connectivity index (χ0n) is 15.3. The van der Waals surface area contributed by atoms with E-state index < -0.39 is 11.6 Å². The Hall–Kier alpha value is -3.01. The van der Waals surface area contributed by atoms with Crippen LogP contribution in [0.4, 0.5) is 0 Å². The SMILES string of the molecule is Cn1c2ccccc2c2ccc3cc(C(=O)OC(C)(C)C)c(O)cc3c21. The highest BCUT2D eigenvalue weighted by Crippen LogP contribution is 2.36. The van der Waals surface area contributed by atoms with Crippen molar-refractivity contribution in [2.75, 3.05) is 0 Å². The zero-order chi connectivity index (χ0) is 18.6. The van der Waals surface area contributed by atoms with Crippen molar-refractivity contribution in [1.82, 2.24) is 4.57 Å². The zero-order valence-corrected chi connectivity index (χ0v) is 15.3. The van der Waals surface area contributed by atoms with Crippen LogP contribution in [0, 0.1) is 0 Å². The number of para-hydroxylation sites is 1. The number of phenols is 1. The molecular formula is C22H21NO3. The molecule has 4 heteroatoms. The summed E-state index contributed by atoms with van der Waals surface area (Å²) < 4.78 is 7.53. The Kier molecular flexibility index (Phi) is 3.48. The van der Waals surface area contributed by atoms with Crippen LogP contribution in [0.3, 0.4) is 0 Å². The van der Waals surface area contributed by atoms with Crippen LogP contribution in [0.5, 0.6) is 5.75 Å². The molecule has 0 saturated carbocycles. The molecular weight excluding hydrogens is 326 g/mol. The molecule has 4 nitrogen and oxygen atoms in total. The highest BCUT2D eigenvalue weighted by Gasteiger charge is 2.22. The molecule has 0 unspecified atom stereocenters. The molecule has 0 aliphatic heterocycles. The smallest absolute Gasteiger partial charge is 0.342 e. The van der Waals surface area contributed by atoms with E-state index in [9.17, 15) is 9.90 Å². The van der Waals surface area contributed by atoms with Gasteiger partial charge in [-0.2, -0.15) is 0 Å². The second-order valence-corrected chi connectivity index (χ2v) is 7.63. The predicted molar refractivity (Wildman–Crippen MR) is 105 cm³/mol. The predicted octanol–water partition coefficient (Wildman–Crippen LogP) is 5.15.